The first-order chi connectivity index (χ1) is 13.2. The van der Waals surface area contributed by atoms with E-state index in [2.05, 4.69) is 22.9 Å². The molecule has 0 aromatic heterocycles. The highest BCUT2D eigenvalue weighted by molar-refractivity contribution is 7.89. The van der Waals surface area contributed by atoms with Crippen molar-refractivity contribution in [3.05, 3.63) is 58.1 Å². The fourth-order valence-electron chi connectivity index (χ4n) is 3.98. The van der Waals surface area contributed by atoms with E-state index in [4.69, 9.17) is 4.74 Å². The number of aryl methyl sites for hydroxylation is 3. The van der Waals surface area contributed by atoms with Crippen LogP contribution in [0.5, 0.6) is 5.75 Å². The molecule has 0 fully saturated rings. The lowest BCUT2D eigenvalue weighted by Gasteiger charge is -2.21. The first-order valence-electron chi connectivity index (χ1n) is 10.1. The molecule has 0 radical (unpaired) electrons. The first-order valence-corrected chi connectivity index (χ1v) is 11.5. The van der Waals surface area contributed by atoms with Crippen LogP contribution >= 0.6 is 0 Å². The summed E-state index contributed by atoms with van der Waals surface area (Å²) < 4.78 is 34.6. The second kappa shape index (κ2) is 8.26. The van der Waals surface area contributed by atoms with Gasteiger partial charge in [-0.3, -0.25) is 0 Å². The van der Waals surface area contributed by atoms with Crippen molar-refractivity contribution in [3.8, 4) is 5.75 Å². The molecule has 3 rings (SSSR count). The summed E-state index contributed by atoms with van der Waals surface area (Å²) in [5.41, 5.74) is 5.36. The van der Waals surface area contributed by atoms with E-state index in [0.717, 1.165) is 29.7 Å². The number of ether oxygens (including phenoxy) is 1. The first kappa shape index (κ1) is 20.9. The second-order valence-corrected chi connectivity index (χ2v) is 9.77. The van der Waals surface area contributed by atoms with E-state index >= 15 is 0 Å². The maximum atomic E-state index is 13.1. The van der Waals surface area contributed by atoms with Gasteiger partial charge in [-0.15, -0.1) is 0 Å². The number of hydrogen-bond donors (Lipinski definition) is 1. The Morgan fingerprint density at radius 2 is 1.68 bits per heavy atom. The molecule has 0 bridgehead atoms. The minimum absolute atomic E-state index is 0.169. The van der Waals surface area contributed by atoms with E-state index < -0.39 is 10.0 Å². The van der Waals surface area contributed by atoms with Gasteiger partial charge >= 0.3 is 0 Å². The van der Waals surface area contributed by atoms with Gasteiger partial charge in [-0.25, -0.2) is 13.1 Å². The Kier molecular flexibility index (Phi) is 6.15. The number of hydrogen-bond acceptors (Lipinski definition) is 3. The van der Waals surface area contributed by atoms with Gasteiger partial charge in [-0.05, 0) is 85.4 Å². The molecule has 0 saturated heterocycles. The zero-order valence-corrected chi connectivity index (χ0v) is 18.3. The predicted molar refractivity (Wildman–Crippen MR) is 114 cm³/mol. The summed E-state index contributed by atoms with van der Waals surface area (Å²) >= 11 is 0. The van der Waals surface area contributed by atoms with Crippen molar-refractivity contribution in [2.24, 2.45) is 0 Å². The molecule has 1 unspecified atom stereocenters. The lowest BCUT2D eigenvalue weighted by molar-refractivity contribution is 0.406. The summed E-state index contributed by atoms with van der Waals surface area (Å²) in [6.07, 6.45) is 4.65. The Balaban J connectivity index is 1.90. The number of sulfonamides is 1. The molecule has 5 heteroatoms. The fraction of sp³-hybridized carbons (Fsp3) is 0.478. The Hall–Kier alpha value is -1.85. The van der Waals surface area contributed by atoms with Gasteiger partial charge in [0.25, 0.3) is 0 Å². The summed E-state index contributed by atoms with van der Waals surface area (Å²) in [7, 11) is -2.03. The van der Waals surface area contributed by atoms with Gasteiger partial charge in [0.05, 0.1) is 12.0 Å². The van der Waals surface area contributed by atoms with Crippen molar-refractivity contribution in [1.29, 1.82) is 0 Å². The van der Waals surface area contributed by atoms with Crippen molar-refractivity contribution in [1.82, 2.24) is 4.72 Å². The average Bonchev–Trinajstić information content (AvgIpc) is 2.66. The van der Waals surface area contributed by atoms with Crippen LogP contribution in [0.4, 0.5) is 0 Å². The molecular weight excluding hydrogens is 370 g/mol. The quantitative estimate of drug-likeness (QED) is 0.737. The van der Waals surface area contributed by atoms with E-state index in [1.54, 1.807) is 13.2 Å². The highest BCUT2D eigenvalue weighted by Crippen LogP contribution is 2.32. The van der Waals surface area contributed by atoms with Crippen LogP contribution in [0.2, 0.25) is 0 Å². The van der Waals surface area contributed by atoms with Crippen LogP contribution in [-0.4, -0.2) is 15.5 Å². The average molecular weight is 402 g/mol. The Labute approximate surface area is 169 Å². The van der Waals surface area contributed by atoms with Crippen molar-refractivity contribution in [2.75, 3.05) is 7.11 Å². The molecular formula is C23H31NO3S. The number of benzene rings is 2. The Bertz CT molecular complexity index is 964. The molecule has 2 aromatic rings. The summed E-state index contributed by atoms with van der Waals surface area (Å²) in [5.74, 6) is 0.900. The highest BCUT2D eigenvalue weighted by atomic mass is 32.2. The molecule has 2 aromatic carbocycles. The van der Waals surface area contributed by atoms with E-state index in [9.17, 15) is 8.42 Å². The van der Waals surface area contributed by atoms with Crippen LogP contribution < -0.4 is 9.46 Å². The van der Waals surface area contributed by atoms with Crippen LogP contribution in [0.3, 0.4) is 0 Å². The molecule has 152 valence electrons. The van der Waals surface area contributed by atoms with Gasteiger partial charge in [0.15, 0.2) is 0 Å². The molecule has 0 heterocycles. The summed E-state index contributed by atoms with van der Waals surface area (Å²) in [5, 5.41) is 0. The number of rotatable bonds is 6. The third-order valence-corrected chi connectivity index (χ3v) is 7.33. The minimum atomic E-state index is -3.65. The molecule has 0 saturated carbocycles. The van der Waals surface area contributed by atoms with Gasteiger partial charge in [0.1, 0.15) is 5.75 Å². The molecule has 0 aliphatic heterocycles. The number of nitrogens with one attached hydrogen (secondary N) is 1. The largest absolute Gasteiger partial charge is 0.496 e. The summed E-state index contributed by atoms with van der Waals surface area (Å²) in [4.78, 5) is 0.321. The fourth-order valence-corrected chi connectivity index (χ4v) is 5.48. The molecule has 0 spiro atoms. The van der Waals surface area contributed by atoms with Gasteiger partial charge in [-0.1, -0.05) is 32.0 Å². The SMILES string of the molecule is COc1cc(C)c(S(=O)(=O)NC(C)c2ccc3c(c2)CCCC3)cc1C(C)C. The van der Waals surface area contributed by atoms with E-state index in [0.29, 0.717) is 10.5 Å². The molecule has 1 N–H and O–H groups in total. The zero-order chi connectivity index (χ0) is 20.5. The molecule has 1 aliphatic carbocycles. The van der Waals surface area contributed by atoms with E-state index in [1.807, 2.05) is 33.8 Å². The summed E-state index contributed by atoms with van der Waals surface area (Å²) in [6, 6.07) is 9.65. The van der Waals surface area contributed by atoms with Gasteiger partial charge < -0.3 is 4.74 Å². The number of fused-ring (bicyclic) bond motifs is 1. The molecule has 4 nitrogen and oxygen atoms in total. The van der Waals surface area contributed by atoms with Crippen molar-refractivity contribution in [2.45, 2.75) is 70.2 Å². The molecule has 28 heavy (non-hydrogen) atoms. The van der Waals surface area contributed by atoms with Gasteiger partial charge in [0.2, 0.25) is 10.0 Å². The highest BCUT2D eigenvalue weighted by Gasteiger charge is 2.24. The van der Waals surface area contributed by atoms with Crippen molar-refractivity contribution in [3.63, 3.8) is 0 Å². The van der Waals surface area contributed by atoms with Crippen LogP contribution in [0.25, 0.3) is 0 Å². The van der Waals surface area contributed by atoms with E-state index in [-0.39, 0.29) is 12.0 Å². The lowest BCUT2D eigenvalue weighted by Crippen LogP contribution is -2.28. The normalized spacial score (nSPS) is 15.4. The van der Waals surface area contributed by atoms with Crippen LogP contribution in [-0.2, 0) is 22.9 Å². The van der Waals surface area contributed by atoms with Gasteiger partial charge in [-0.2, -0.15) is 0 Å². The van der Waals surface area contributed by atoms with Gasteiger partial charge in [0, 0.05) is 6.04 Å². The summed E-state index contributed by atoms with van der Waals surface area (Å²) in [6.45, 7) is 7.79. The zero-order valence-electron chi connectivity index (χ0n) is 17.5. The number of methoxy groups -OCH3 is 1. The Morgan fingerprint density at radius 1 is 1.00 bits per heavy atom. The molecule has 1 atom stereocenters. The van der Waals surface area contributed by atoms with Crippen LogP contribution in [0.15, 0.2) is 35.2 Å². The third kappa shape index (κ3) is 4.26. The molecule has 0 amide bonds. The minimum Gasteiger partial charge on any atom is -0.496 e. The van der Waals surface area contributed by atoms with Crippen LogP contribution in [0, 0.1) is 6.92 Å². The van der Waals surface area contributed by atoms with Crippen LogP contribution in [0.1, 0.15) is 73.4 Å². The maximum Gasteiger partial charge on any atom is 0.241 e. The molecule has 1 aliphatic rings. The third-order valence-electron chi connectivity index (χ3n) is 5.64. The lowest BCUT2D eigenvalue weighted by atomic mass is 9.89. The maximum absolute atomic E-state index is 13.1. The van der Waals surface area contributed by atoms with Crippen molar-refractivity contribution < 1.29 is 13.2 Å². The van der Waals surface area contributed by atoms with E-state index in [1.165, 1.54) is 24.0 Å². The monoisotopic (exact) mass is 401 g/mol. The topological polar surface area (TPSA) is 55.4 Å². The Morgan fingerprint density at radius 3 is 2.32 bits per heavy atom. The second-order valence-electron chi connectivity index (χ2n) is 8.09. The standard InChI is InChI=1S/C23H31NO3S/c1-15(2)21-14-23(16(3)12-22(21)27-5)28(25,26)24-17(4)19-11-10-18-8-6-7-9-20(18)13-19/h10-15,17,24H,6-9H2,1-5H3. The predicted octanol–water partition coefficient (Wildman–Crippen LogP) is 5.05. The smallest absolute Gasteiger partial charge is 0.241 e. The van der Waals surface area contributed by atoms with Crippen molar-refractivity contribution >= 4 is 10.0 Å².